The number of hydrogen-bond donors (Lipinski definition) is 4. The van der Waals surface area contributed by atoms with Crippen LogP contribution in [0.4, 0.5) is 10.5 Å². The molecule has 3 atom stereocenters. The summed E-state index contributed by atoms with van der Waals surface area (Å²) in [6, 6.07) is 6.45. The molecule has 0 aromatic heterocycles. The summed E-state index contributed by atoms with van der Waals surface area (Å²) in [6.07, 6.45) is 5.91. The predicted octanol–water partition coefficient (Wildman–Crippen LogP) is 2.11. The normalized spacial score (nSPS) is 23.5. The molecule has 2 aliphatic heterocycles. The van der Waals surface area contributed by atoms with Crippen molar-refractivity contribution < 1.29 is 24.2 Å². The first-order chi connectivity index (χ1) is 16.1. The summed E-state index contributed by atoms with van der Waals surface area (Å²) in [6.45, 7) is 3.40. The lowest BCUT2D eigenvalue weighted by molar-refractivity contribution is -0.122. The van der Waals surface area contributed by atoms with Crippen LogP contribution in [0.25, 0.3) is 0 Å². The van der Waals surface area contributed by atoms with Gasteiger partial charge in [0.05, 0.1) is 25.9 Å². The standard InChI is InChI=1S/C24H38N4O5/c1-32-19-7-5-18(6-8-19)26-24(31)27-21-10-9-20(33-22(21)17-29)11-13-25-23(30)12-16-28-14-3-2-4-15-28/h5-8,20-22,29H,2-4,9-17H2,1H3,(H,25,30)(H2,26,27,31)/t20-,21-,22+/m0/s1. The van der Waals surface area contributed by atoms with E-state index in [2.05, 4.69) is 20.9 Å². The molecule has 2 heterocycles. The van der Waals surface area contributed by atoms with Crippen molar-refractivity contribution in [3.8, 4) is 5.75 Å². The van der Waals surface area contributed by atoms with Crippen LogP contribution in [0, 0.1) is 0 Å². The van der Waals surface area contributed by atoms with Crippen molar-refractivity contribution in [2.45, 2.75) is 63.2 Å². The van der Waals surface area contributed by atoms with E-state index in [0.29, 0.717) is 37.2 Å². The van der Waals surface area contributed by atoms with Crippen LogP contribution >= 0.6 is 0 Å². The number of amides is 3. The molecular formula is C24H38N4O5. The largest absolute Gasteiger partial charge is 0.497 e. The minimum Gasteiger partial charge on any atom is -0.497 e. The molecule has 9 nitrogen and oxygen atoms in total. The van der Waals surface area contributed by atoms with E-state index in [9.17, 15) is 14.7 Å². The second-order valence-corrected chi connectivity index (χ2v) is 8.78. The van der Waals surface area contributed by atoms with Crippen molar-refractivity contribution in [3.63, 3.8) is 0 Å². The van der Waals surface area contributed by atoms with Crippen LogP contribution < -0.4 is 20.7 Å². The smallest absolute Gasteiger partial charge is 0.319 e. The zero-order valence-electron chi connectivity index (χ0n) is 19.6. The number of ether oxygens (including phenoxy) is 2. The third-order valence-electron chi connectivity index (χ3n) is 6.35. The highest BCUT2D eigenvalue weighted by Gasteiger charge is 2.31. The van der Waals surface area contributed by atoms with Gasteiger partial charge >= 0.3 is 6.03 Å². The van der Waals surface area contributed by atoms with Crippen LogP contribution in [-0.4, -0.2) is 80.1 Å². The van der Waals surface area contributed by atoms with Gasteiger partial charge in [-0.2, -0.15) is 0 Å². The molecule has 9 heteroatoms. The van der Waals surface area contributed by atoms with Crippen molar-refractivity contribution in [1.82, 2.24) is 15.5 Å². The van der Waals surface area contributed by atoms with Crippen LogP contribution in [-0.2, 0) is 9.53 Å². The van der Waals surface area contributed by atoms with Gasteiger partial charge in [-0.3, -0.25) is 4.79 Å². The second kappa shape index (κ2) is 13.4. The maximum Gasteiger partial charge on any atom is 0.319 e. The highest BCUT2D eigenvalue weighted by molar-refractivity contribution is 5.89. The summed E-state index contributed by atoms with van der Waals surface area (Å²) in [5, 5.41) is 18.4. The summed E-state index contributed by atoms with van der Waals surface area (Å²) in [5.74, 6) is 0.788. The van der Waals surface area contributed by atoms with Gasteiger partial charge in [0.2, 0.25) is 5.91 Å². The van der Waals surface area contributed by atoms with Crippen molar-refractivity contribution >= 4 is 17.6 Å². The average molecular weight is 463 g/mol. The number of benzene rings is 1. The number of piperidine rings is 1. The summed E-state index contributed by atoms with van der Waals surface area (Å²) in [5.41, 5.74) is 0.652. The van der Waals surface area contributed by atoms with Gasteiger partial charge in [-0.05, 0) is 69.5 Å². The summed E-state index contributed by atoms with van der Waals surface area (Å²) >= 11 is 0. The highest BCUT2D eigenvalue weighted by atomic mass is 16.5. The lowest BCUT2D eigenvalue weighted by Crippen LogP contribution is -2.52. The molecule has 184 valence electrons. The molecule has 0 saturated carbocycles. The predicted molar refractivity (Wildman–Crippen MR) is 126 cm³/mol. The van der Waals surface area contributed by atoms with Gasteiger partial charge in [0.25, 0.3) is 0 Å². The van der Waals surface area contributed by atoms with Gasteiger partial charge in [-0.15, -0.1) is 0 Å². The first-order valence-corrected chi connectivity index (χ1v) is 12.0. The molecule has 1 aromatic carbocycles. The summed E-state index contributed by atoms with van der Waals surface area (Å²) in [7, 11) is 1.59. The monoisotopic (exact) mass is 462 g/mol. The van der Waals surface area contributed by atoms with Crippen LogP contribution in [0.2, 0.25) is 0 Å². The molecular weight excluding hydrogens is 424 g/mol. The Balaban J connectivity index is 1.33. The molecule has 2 fully saturated rings. The molecule has 0 aliphatic carbocycles. The van der Waals surface area contributed by atoms with Crippen molar-refractivity contribution in [1.29, 1.82) is 0 Å². The minimum absolute atomic E-state index is 0.0488. The Bertz CT molecular complexity index is 739. The first kappa shape index (κ1) is 25.3. The molecule has 0 unspecified atom stereocenters. The molecule has 0 radical (unpaired) electrons. The number of nitrogens with zero attached hydrogens (tertiary/aromatic N) is 1. The first-order valence-electron chi connectivity index (χ1n) is 12.0. The van der Waals surface area contributed by atoms with Gasteiger partial charge in [0.15, 0.2) is 0 Å². The molecule has 0 spiro atoms. The van der Waals surface area contributed by atoms with Crippen LogP contribution in [0.5, 0.6) is 5.75 Å². The number of anilines is 1. The minimum atomic E-state index is -0.472. The lowest BCUT2D eigenvalue weighted by atomic mass is 9.97. The van der Waals surface area contributed by atoms with Crippen LogP contribution in [0.1, 0.15) is 44.9 Å². The van der Waals surface area contributed by atoms with E-state index in [1.54, 1.807) is 31.4 Å². The van der Waals surface area contributed by atoms with E-state index in [-0.39, 0.29) is 30.7 Å². The lowest BCUT2D eigenvalue weighted by Gasteiger charge is -2.36. The van der Waals surface area contributed by atoms with Gasteiger partial charge < -0.3 is 35.4 Å². The number of aliphatic hydroxyl groups is 1. The Morgan fingerprint density at radius 2 is 1.91 bits per heavy atom. The van der Waals surface area contributed by atoms with E-state index >= 15 is 0 Å². The number of methoxy groups -OCH3 is 1. The van der Waals surface area contributed by atoms with E-state index in [0.717, 1.165) is 26.1 Å². The topological polar surface area (TPSA) is 112 Å². The molecule has 1 aromatic rings. The van der Waals surface area contributed by atoms with E-state index < -0.39 is 6.10 Å². The van der Waals surface area contributed by atoms with Gasteiger partial charge in [0, 0.05) is 25.2 Å². The second-order valence-electron chi connectivity index (χ2n) is 8.78. The Morgan fingerprint density at radius 1 is 1.15 bits per heavy atom. The fourth-order valence-corrected chi connectivity index (χ4v) is 4.42. The number of carbonyl (C=O) groups is 2. The van der Waals surface area contributed by atoms with Crippen LogP contribution in [0.15, 0.2) is 24.3 Å². The maximum atomic E-state index is 12.4. The fraction of sp³-hybridized carbons (Fsp3) is 0.667. The molecule has 2 aliphatic rings. The SMILES string of the molecule is COc1ccc(NC(=O)N[C@H]2CC[C@@H](CCNC(=O)CCN3CCCCC3)O[C@@H]2CO)cc1. The third kappa shape index (κ3) is 8.49. The summed E-state index contributed by atoms with van der Waals surface area (Å²) < 4.78 is 11.1. The zero-order chi connectivity index (χ0) is 23.5. The number of hydrogen-bond acceptors (Lipinski definition) is 6. The summed E-state index contributed by atoms with van der Waals surface area (Å²) in [4.78, 5) is 26.8. The van der Waals surface area contributed by atoms with Crippen molar-refractivity contribution in [2.75, 3.05) is 45.2 Å². The van der Waals surface area contributed by atoms with Crippen molar-refractivity contribution in [3.05, 3.63) is 24.3 Å². The quantitative estimate of drug-likeness (QED) is 0.424. The fourth-order valence-electron chi connectivity index (χ4n) is 4.42. The average Bonchev–Trinajstić information content (AvgIpc) is 2.84. The molecule has 3 amide bonds. The molecule has 0 bridgehead atoms. The van der Waals surface area contributed by atoms with E-state index in [1.807, 2.05) is 0 Å². The number of likely N-dealkylation sites (tertiary alicyclic amines) is 1. The maximum absolute atomic E-state index is 12.4. The molecule has 4 N–H and O–H groups in total. The number of aliphatic hydroxyl groups excluding tert-OH is 1. The number of carbonyl (C=O) groups excluding carboxylic acids is 2. The molecule has 2 saturated heterocycles. The van der Waals surface area contributed by atoms with Gasteiger partial charge in [-0.1, -0.05) is 6.42 Å². The van der Waals surface area contributed by atoms with Gasteiger partial charge in [0.1, 0.15) is 11.9 Å². The van der Waals surface area contributed by atoms with E-state index in [1.165, 1.54) is 19.3 Å². The Morgan fingerprint density at radius 3 is 2.61 bits per heavy atom. The van der Waals surface area contributed by atoms with Crippen molar-refractivity contribution in [2.24, 2.45) is 0 Å². The number of rotatable bonds is 10. The third-order valence-corrected chi connectivity index (χ3v) is 6.35. The van der Waals surface area contributed by atoms with Crippen LogP contribution in [0.3, 0.4) is 0 Å². The van der Waals surface area contributed by atoms with Gasteiger partial charge in [-0.25, -0.2) is 4.79 Å². The highest BCUT2D eigenvalue weighted by Crippen LogP contribution is 2.22. The molecule has 3 rings (SSSR count). The number of urea groups is 1. The molecule has 33 heavy (non-hydrogen) atoms. The Labute approximate surface area is 196 Å². The zero-order valence-corrected chi connectivity index (χ0v) is 19.6. The van der Waals surface area contributed by atoms with E-state index in [4.69, 9.17) is 9.47 Å². The Kier molecular flexibility index (Phi) is 10.2. The Hall–Kier alpha value is -2.36. The number of nitrogens with one attached hydrogen (secondary N) is 3.